The zero-order valence-electron chi connectivity index (χ0n) is 13.8. The number of aromatic nitrogens is 1. The Morgan fingerprint density at radius 2 is 1.92 bits per heavy atom. The lowest BCUT2D eigenvalue weighted by Gasteiger charge is -2.02. The number of nitro groups is 1. The Morgan fingerprint density at radius 1 is 1.12 bits per heavy atom. The summed E-state index contributed by atoms with van der Waals surface area (Å²) in [6, 6.07) is 12.8. The van der Waals surface area contributed by atoms with E-state index in [0.717, 1.165) is 5.69 Å². The van der Waals surface area contributed by atoms with Crippen LogP contribution in [0.4, 0.5) is 5.69 Å². The molecular formula is C19H16N2O5. The maximum atomic E-state index is 12.9. The molecule has 0 spiro atoms. The van der Waals surface area contributed by atoms with Crippen LogP contribution in [0.5, 0.6) is 0 Å². The van der Waals surface area contributed by atoms with Crippen molar-refractivity contribution in [3.63, 3.8) is 0 Å². The summed E-state index contributed by atoms with van der Waals surface area (Å²) in [4.78, 5) is 34.0. The standard InChI is InChI=1S/C19H16N2O5/c22-18(23)9-4-6-14-12-16(17-8-1-2-10-20(14)17)19(24)13-5-3-7-15(11-13)21(25)26/h1-3,5,7-8,10-12H,4,6,9H2,(H,22,23). The van der Waals surface area contributed by atoms with E-state index in [-0.39, 0.29) is 23.5 Å². The zero-order valence-corrected chi connectivity index (χ0v) is 13.8. The Balaban J connectivity index is 1.99. The zero-order chi connectivity index (χ0) is 18.7. The molecule has 0 saturated carbocycles. The maximum absolute atomic E-state index is 12.9. The number of carboxylic acids is 1. The van der Waals surface area contributed by atoms with Crippen LogP contribution in [0.1, 0.15) is 34.5 Å². The summed E-state index contributed by atoms with van der Waals surface area (Å²) >= 11 is 0. The quantitative estimate of drug-likeness (QED) is 0.398. The molecule has 0 saturated heterocycles. The van der Waals surface area contributed by atoms with Crippen molar-refractivity contribution in [2.45, 2.75) is 19.3 Å². The Bertz CT molecular complexity index is 1010. The fourth-order valence-corrected chi connectivity index (χ4v) is 2.93. The number of hydrogen-bond acceptors (Lipinski definition) is 4. The first kappa shape index (κ1) is 17.3. The van der Waals surface area contributed by atoms with Gasteiger partial charge in [-0.3, -0.25) is 19.7 Å². The number of hydrogen-bond donors (Lipinski definition) is 1. The highest BCUT2D eigenvalue weighted by atomic mass is 16.6. The second-order valence-corrected chi connectivity index (χ2v) is 5.89. The van der Waals surface area contributed by atoms with Crippen LogP contribution in [-0.2, 0) is 11.2 Å². The van der Waals surface area contributed by atoms with E-state index in [0.29, 0.717) is 23.9 Å². The predicted octanol–water partition coefficient (Wildman–Crippen LogP) is 3.49. The van der Waals surface area contributed by atoms with Gasteiger partial charge in [0, 0.05) is 41.6 Å². The van der Waals surface area contributed by atoms with E-state index in [1.807, 2.05) is 16.7 Å². The van der Waals surface area contributed by atoms with Crippen molar-refractivity contribution >= 4 is 23.0 Å². The number of ketones is 1. The number of fused-ring (bicyclic) bond motifs is 1. The van der Waals surface area contributed by atoms with Crippen molar-refractivity contribution in [2.24, 2.45) is 0 Å². The molecule has 7 heteroatoms. The summed E-state index contributed by atoms with van der Waals surface area (Å²) < 4.78 is 1.85. The van der Waals surface area contributed by atoms with Crippen LogP contribution in [0.25, 0.3) is 5.52 Å². The lowest BCUT2D eigenvalue weighted by Crippen LogP contribution is -2.01. The Morgan fingerprint density at radius 3 is 2.65 bits per heavy atom. The molecule has 0 aliphatic heterocycles. The maximum Gasteiger partial charge on any atom is 0.303 e. The SMILES string of the molecule is O=C(O)CCCc1cc(C(=O)c2cccc([N+](=O)[O-])c2)c2ccccn12. The summed E-state index contributed by atoms with van der Waals surface area (Å²) in [7, 11) is 0. The third-order valence-corrected chi connectivity index (χ3v) is 4.14. The van der Waals surface area contributed by atoms with Crippen molar-refractivity contribution in [3.8, 4) is 0 Å². The molecule has 0 aliphatic rings. The highest BCUT2D eigenvalue weighted by molar-refractivity contribution is 6.13. The molecule has 3 rings (SSSR count). The van der Waals surface area contributed by atoms with Crippen molar-refractivity contribution < 1.29 is 19.6 Å². The van der Waals surface area contributed by atoms with Crippen LogP contribution in [-0.4, -0.2) is 26.2 Å². The van der Waals surface area contributed by atoms with Crippen molar-refractivity contribution in [3.05, 3.63) is 81.7 Å². The molecule has 2 heterocycles. The molecule has 132 valence electrons. The first-order valence-electron chi connectivity index (χ1n) is 8.07. The number of pyridine rings is 1. The van der Waals surface area contributed by atoms with Gasteiger partial charge in [-0.2, -0.15) is 0 Å². The number of non-ortho nitro benzene ring substituents is 1. The third kappa shape index (κ3) is 3.46. The van der Waals surface area contributed by atoms with E-state index in [1.54, 1.807) is 24.3 Å². The number of carbonyl (C=O) groups is 2. The normalized spacial score (nSPS) is 10.8. The molecule has 2 aromatic heterocycles. The van der Waals surface area contributed by atoms with E-state index >= 15 is 0 Å². The van der Waals surface area contributed by atoms with Crippen LogP contribution in [0.2, 0.25) is 0 Å². The van der Waals surface area contributed by atoms with Gasteiger partial charge in [0.25, 0.3) is 5.69 Å². The molecule has 0 atom stereocenters. The molecule has 0 aliphatic carbocycles. The highest BCUT2D eigenvalue weighted by Crippen LogP contribution is 2.23. The lowest BCUT2D eigenvalue weighted by molar-refractivity contribution is -0.384. The fourth-order valence-electron chi connectivity index (χ4n) is 2.93. The van der Waals surface area contributed by atoms with Crippen molar-refractivity contribution in [1.29, 1.82) is 0 Å². The van der Waals surface area contributed by atoms with Gasteiger partial charge in [0.2, 0.25) is 0 Å². The number of aliphatic carboxylic acids is 1. The molecule has 0 bridgehead atoms. The van der Waals surface area contributed by atoms with Gasteiger partial charge in [-0.05, 0) is 31.0 Å². The molecule has 0 amide bonds. The Labute approximate surface area is 148 Å². The molecule has 0 radical (unpaired) electrons. The molecule has 0 unspecified atom stereocenters. The second kappa shape index (κ2) is 7.18. The van der Waals surface area contributed by atoms with Crippen molar-refractivity contribution in [1.82, 2.24) is 4.40 Å². The number of carboxylic acid groups (broad SMARTS) is 1. The van der Waals surface area contributed by atoms with Gasteiger partial charge < -0.3 is 9.51 Å². The van der Waals surface area contributed by atoms with Crippen LogP contribution < -0.4 is 0 Å². The van der Waals surface area contributed by atoms with Crippen LogP contribution in [0.3, 0.4) is 0 Å². The number of nitrogens with zero attached hydrogens (tertiary/aromatic N) is 2. The molecule has 1 aromatic carbocycles. The van der Waals surface area contributed by atoms with Crippen LogP contribution >= 0.6 is 0 Å². The molecular weight excluding hydrogens is 336 g/mol. The molecule has 0 fully saturated rings. The van der Waals surface area contributed by atoms with E-state index in [9.17, 15) is 19.7 Å². The average Bonchev–Trinajstić information content (AvgIpc) is 3.00. The molecule has 3 aromatic rings. The number of rotatable bonds is 7. The van der Waals surface area contributed by atoms with Gasteiger partial charge in [-0.1, -0.05) is 18.2 Å². The molecule has 7 nitrogen and oxygen atoms in total. The van der Waals surface area contributed by atoms with E-state index in [1.165, 1.54) is 18.2 Å². The first-order chi connectivity index (χ1) is 12.5. The summed E-state index contributed by atoms with van der Waals surface area (Å²) in [5, 5.41) is 19.7. The Kier molecular flexibility index (Phi) is 4.79. The van der Waals surface area contributed by atoms with Gasteiger partial charge in [0.1, 0.15) is 0 Å². The van der Waals surface area contributed by atoms with Gasteiger partial charge in [0.05, 0.1) is 10.4 Å². The van der Waals surface area contributed by atoms with Crippen molar-refractivity contribution in [2.75, 3.05) is 0 Å². The second-order valence-electron chi connectivity index (χ2n) is 5.89. The third-order valence-electron chi connectivity index (χ3n) is 4.14. The average molecular weight is 352 g/mol. The van der Waals surface area contributed by atoms with E-state index in [2.05, 4.69) is 0 Å². The fraction of sp³-hybridized carbons (Fsp3) is 0.158. The van der Waals surface area contributed by atoms with E-state index < -0.39 is 10.9 Å². The molecule has 26 heavy (non-hydrogen) atoms. The predicted molar refractivity (Wildman–Crippen MR) is 94.5 cm³/mol. The highest BCUT2D eigenvalue weighted by Gasteiger charge is 2.19. The summed E-state index contributed by atoms with van der Waals surface area (Å²) in [6.07, 6.45) is 2.84. The van der Waals surface area contributed by atoms with Gasteiger partial charge in [-0.15, -0.1) is 0 Å². The Hall–Kier alpha value is -3.48. The summed E-state index contributed by atoms with van der Waals surface area (Å²) in [6.45, 7) is 0. The number of nitro benzene ring substituents is 1. The minimum Gasteiger partial charge on any atom is -0.481 e. The largest absolute Gasteiger partial charge is 0.481 e. The molecule has 1 N–H and O–H groups in total. The topological polar surface area (TPSA) is 102 Å². The summed E-state index contributed by atoms with van der Waals surface area (Å²) in [5.41, 5.74) is 2.06. The minimum atomic E-state index is -0.862. The first-order valence-corrected chi connectivity index (χ1v) is 8.07. The van der Waals surface area contributed by atoms with Gasteiger partial charge in [0.15, 0.2) is 5.78 Å². The number of carbonyl (C=O) groups excluding carboxylic acids is 1. The van der Waals surface area contributed by atoms with Crippen LogP contribution in [0.15, 0.2) is 54.7 Å². The lowest BCUT2D eigenvalue weighted by atomic mass is 10.0. The number of aryl methyl sites for hydroxylation is 1. The van der Waals surface area contributed by atoms with Gasteiger partial charge >= 0.3 is 5.97 Å². The monoisotopic (exact) mass is 352 g/mol. The van der Waals surface area contributed by atoms with Gasteiger partial charge in [-0.25, -0.2) is 0 Å². The van der Waals surface area contributed by atoms with E-state index in [4.69, 9.17) is 5.11 Å². The minimum absolute atomic E-state index is 0.0498. The van der Waals surface area contributed by atoms with Crippen LogP contribution in [0, 0.1) is 10.1 Å². The number of benzene rings is 1. The summed E-state index contributed by atoms with van der Waals surface area (Å²) in [5.74, 6) is -1.17. The smallest absolute Gasteiger partial charge is 0.303 e.